The van der Waals surface area contributed by atoms with Crippen molar-refractivity contribution in [3.8, 4) is 0 Å². The molecule has 11 nitrogen and oxygen atoms in total. The van der Waals surface area contributed by atoms with Gasteiger partial charge in [0.05, 0.1) is 9.82 Å². The Bertz CT molecular complexity index is 929. The highest BCUT2D eigenvalue weighted by Crippen LogP contribution is 2.30. The molecule has 1 fully saturated rings. The summed E-state index contributed by atoms with van der Waals surface area (Å²) in [5.41, 5.74) is -0.141. The number of nitrogens with one attached hydrogen (secondary N) is 1. The number of amides is 1. The van der Waals surface area contributed by atoms with Crippen molar-refractivity contribution in [1.82, 2.24) is 9.62 Å². The van der Waals surface area contributed by atoms with E-state index in [1.54, 1.807) is 19.0 Å². The minimum atomic E-state index is -4.19. The molecular weight excluding hydrogens is 428 g/mol. The number of nitro groups is 1. The van der Waals surface area contributed by atoms with Crippen molar-refractivity contribution < 1.29 is 27.7 Å². The maximum Gasteiger partial charge on any atom is 0.321 e. The standard InChI is InChI=1S/C19H28N4O7S/c1-4-9-22(12-14-5-6-14)18(24)13-30-19(25)11-20-31(28,29)15-7-8-16(21(2)3)17(10-15)23(26)27/h7-8,10,14,20H,4-6,9,11-13H2,1-3H3. The van der Waals surface area contributed by atoms with Crippen molar-refractivity contribution in [3.05, 3.63) is 28.3 Å². The van der Waals surface area contributed by atoms with Crippen LogP contribution in [0.4, 0.5) is 11.4 Å². The first-order valence-corrected chi connectivity index (χ1v) is 11.4. The second kappa shape index (κ2) is 10.5. The molecule has 2 rings (SSSR count). The van der Waals surface area contributed by atoms with Gasteiger partial charge in [0.1, 0.15) is 12.2 Å². The molecule has 0 saturated heterocycles. The zero-order valence-electron chi connectivity index (χ0n) is 17.9. The molecule has 1 saturated carbocycles. The highest BCUT2D eigenvalue weighted by atomic mass is 32.2. The minimum Gasteiger partial charge on any atom is -0.455 e. The number of anilines is 1. The molecule has 12 heteroatoms. The number of ether oxygens (including phenoxy) is 1. The van der Waals surface area contributed by atoms with E-state index in [9.17, 15) is 28.1 Å². The van der Waals surface area contributed by atoms with Gasteiger partial charge < -0.3 is 14.5 Å². The van der Waals surface area contributed by atoms with Crippen molar-refractivity contribution in [2.24, 2.45) is 5.92 Å². The van der Waals surface area contributed by atoms with Crippen LogP contribution in [0.2, 0.25) is 0 Å². The second-order valence-electron chi connectivity index (χ2n) is 7.57. The quantitative estimate of drug-likeness (QED) is 0.280. The Kier molecular flexibility index (Phi) is 8.34. The number of hydrogen-bond acceptors (Lipinski definition) is 8. The average molecular weight is 457 g/mol. The topological polar surface area (TPSA) is 139 Å². The summed E-state index contributed by atoms with van der Waals surface area (Å²) in [6, 6.07) is 3.44. The molecular formula is C19H28N4O7S. The number of benzene rings is 1. The lowest BCUT2D eigenvalue weighted by Crippen LogP contribution is -2.38. The fourth-order valence-corrected chi connectivity index (χ4v) is 3.90. The second-order valence-corrected chi connectivity index (χ2v) is 9.34. The molecule has 0 aliphatic heterocycles. The Morgan fingerprint density at radius 3 is 2.52 bits per heavy atom. The maximum atomic E-state index is 12.4. The van der Waals surface area contributed by atoms with E-state index in [0.29, 0.717) is 19.0 Å². The SMILES string of the molecule is CCCN(CC1CC1)C(=O)COC(=O)CNS(=O)(=O)c1ccc(N(C)C)c([N+](=O)[O-])c1. The van der Waals surface area contributed by atoms with Gasteiger partial charge in [-0.15, -0.1) is 0 Å². The molecule has 1 aromatic rings. The molecule has 0 aromatic heterocycles. The molecule has 0 radical (unpaired) electrons. The van der Waals surface area contributed by atoms with E-state index in [4.69, 9.17) is 4.74 Å². The first-order valence-electron chi connectivity index (χ1n) is 9.94. The van der Waals surface area contributed by atoms with E-state index in [2.05, 4.69) is 0 Å². The summed E-state index contributed by atoms with van der Waals surface area (Å²) in [5, 5.41) is 11.2. The zero-order chi connectivity index (χ0) is 23.2. The fraction of sp³-hybridized carbons (Fsp3) is 0.579. The first kappa shape index (κ1) is 24.5. The van der Waals surface area contributed by atoms with Crippen LogP contribution < -0.4 is 9.62 Å². The Hall–Kier alpha value is -2.73. The molecule has 1 amide bonds. The molecule has 31 heavy (non-hydrogen) atoms. The largest absolute Gasteiger partial charge is 0.455 e. The van der Waals surface area contributed by atoms with Crippen LogP contribution in [0, 0.1) is 16.0 Å². The highest BCUT2D eigenvalue weighted by Gasteiger charge is 2.27. The van der Waals surface area contributed by atoms with Gasteiger partial charge in [-0.25, -0.2) is 8.42 Å². The minimum absolute atomic E-state index is 0.240. The number of esters is 1. The van der Waals surface area contributed by atoms with Crippen molar-refractivity contribution in [2.75, 3.05) is 45.2 Å². The van der Waals surface area contributed by atoms with E-state index in [0.717, 1.165) is 25.3 Å². The highest BCUT2D eigenvalue weighted by molar-refractivity contribution is 7.89. The van der Waals surface area contributed by atoms with Crippen molar-refractivity contribution in [3.63, 3.8) is 0 Å². The Labute approximate surface area is 181 Å². The predicted octanol–water partition coefficient (Wildman–Crippen LogP) is 1.13. The number of carbonyl (C=O) groups excluding carboxylic acids is 2. The van der Waals surface area contributed by atoms with Crippen LogP contribution in [0.5, 0.6) is 0 Å². The van der Waals surface area contributed by atoms with E-state index in [1.807, 2.05) is 11.6 Å². The molecule has 1 aromatic carbocycles. The number of sulfonamides is 1. The summed E-state index contributed by atoms with van der Waals surface area (Å²) >= 11 is 0. The van der Waals surface area contributed by atoms with Crippen molar-refractivity contribution in [2.45, 2.75) is 31.1 Å². The lowest BCUT2D eigenvalue weighted by atomic mass is 10.2. The van der Waals surface area contributed by atoms with E-state index < -0.39 is 34.1 Å². The molecule has 1 N–H and O–H groups in total. The van der Waals surface area contributed by atoms with Gasteiger partial charge in [-0.3, -0.25) is 19.7 Å². The van der Waals surface area contributed by atoms with Gasteiger partial charge in [0.15, 0.2) is 6.61 Å². The molecule has 172 valence electrons. The Morgan fingerprint density at radius 1 is 1.29 bits per heavy atom. The summed E-state index contributed by atoms with van der Waals surface area (Å²) in [4.78, 5) is 37.5. The lowest BCUT2D eigenvalue weighted by molar-refractivity contribution is -0.384. The summed E-state index contributed by atoms with van der Waals surface area (Å²) in [6.45, 7) is 1.99. The zero-order valence-corrected chi connectivity index (χ0v) is 18.7. The lowest BCUT2D eigenvalue weighted by Gasteiger charge is -2.21. The van der Waals surface area contributed by atoms with Gasteiger partial charge in [0.2, 0.25) is 10.0 Å². The number of nitrogens with zero attached hydrogens (tertiary/aromatic N) is 3. The van der Waals surface area contributed by atoms with Gasteiger partial charge in [-0.05, 0) is 37.3 Å². The van der Waals surface area contributed by atoms with Crippen LogP contribution in [0.3, 0.4) is 0 Å². The molecule has 1 aliphatic rings. The molecule has 1 aliphatic carbocycles. The summed E-state index contributed by atoms with van der Waals surface area (Å²) < 4.78 is 31.8. The van der Waals surface area contributed by atoms with E-state index in [1.165, 1.54) is 17.0 Å². The number of rotatable bonds is 12. The molecule has 0 bridgehead atoms. The smallest absolute Gasteiger partial charge is 0.321 e. The maximum absolute atomic E-state index is 12.4. The summed E-state index contributed by atoms with van der Waals surface area (Å²) in [6.07, 6.45) is 2.95. The Balaban J connectivity index is 1.93. The molecule has 0 unspecified atom stereocenters. The Morgan fingerprint density at radius 2 is 1.97 bits per heavy atom. The number of hydrogen-bond donors (Lipinski definition) is 1. The first-order chi connectivity index (χ1) is 14.5. The van der Waals surface area contributed by atoms with Gasteiger partial charge >= 0.3 is 5.97 Å². The van der Waals surface area contributed by atoms with Gasteiger partial charge in [-0.1, -0.05) is 6.92 Å². The van der Waals surface area contributed by atoms with Gasteiger partial charge in [0, 0.05) is 33.3 Å². The van der Waals surface area contributed by atoms with Crippen LogP contribution in [0.1, 0.15) is 26.2 Å². The average Bonchev–Trinajstić information content (AvgIpc) is 3.53. The van der Waals surface area contributed by atoms with Crippen LogP contribution in [-0.4, -0.2) is 70.5 Å². The predicted molar refractivity (Wildman–Crippen MR) is 113 cm³/mol. The summed E-state index contributed by atoms with van der Waals surface area (Å²) in [7, 11) is -1.00. The molecule has 0 spiro atoms. The van der Waals surface area contributed by atoms with Gasteiger partial charge in [0.25, 0.3) is 11.6 Å². The summed E-state index contributed by atoms with van der Waals surface area (Å²) in [5.74, 6) is -0.736. The fourth-order valence-electron chi connectivity index (χ4n) is 2.92. The van der Waals surface area contributed by atoms with E-state index in [-0.39, 0.29) is 22.2 Å². The number of carbonyl (C=O) groups is 2. The van der Waals surface area contributed by atoms with Crippen LogP contribution >= 0.6 is 0 Å². The van der Waals surface area contributed by atoms with Crippen molar-refractivity contribution >= 4 is 33.3 Å². The third-order valence-electron chi connectivity index (χ3n) is 4.72. The molecule has 0 atom stereocenters. The van der Waals surface area contributed by atoms with Crippen LogP contribution in [0.15, 0.2) is 23.1 Å². The number of nitro benzene ring substituents is 1. The van der Waals surface area contributed by atoms with Gasteiger partial charge in [-0.2, -0.15) is 4.72 Å². The van der Waals surface area contributed by atoms with Crippen molar-refractivity contribution in [1.29, 1.82) is 0 Å². The van der Waals surface area contributed by atoms with E-state index >= 15 is 0 Å². The monoisotopic (exact) mass is 456 g/mol. The van der Waals surface area contributed by atoms with Crippen LogP contribution in [0.25, 0.3) is 0 Å². The third kappa shape index (κ3) is 7.17. The van der Waals surface area contributed by atoms with Crippen LogP contribution in [-0.2, 0) is 24.3 Å². The normalized spacial score (nSPS) is 13.5. The molecule has 0 heterocycles. The third-order valence-corrected chi connectivity index (χ3v) is 6.12.